The third-order valence-electron chi connectivity index (χ3n) is 6.39. The lowest BCUT2D eigenvalue weighted by molar-refractivity contribution is -0.118. The molecule has 0 spiro atoms. The van der Waals surface area contributed by atoms with Crippen LogP contribution in [0.5, 0.6) is 0 Å². The molecule has 0 aromatic heterocycles. The molecule has 6 heteroatoms. The summed E-state index contributed by atoms with van der Waals surface area (Å²) >= 11 is 12.5. The van der Waals surface area contributed by atoms with Gasteiger partial charge >= 0.3 is 0 Å². The molecule has 0 saturated heterocycles. The second-order valence-electron chi connectivity index (χ2n) is 9.66. The Labute approximate surface area is 209 Å². The number of nitrogens with one attached hydrogen (secondary N) is 2. The Morgan fingerprint density at radius 3 is 2.38 bits per heavy atom. The lowest BCUT2D eigenvalue weighted by atomic mass is 9.73. The van der Waals surface area contributed by atoms with Crippen molar-refractivity contribution < 1.29 is 9.59 Å². The number of Topliss-reactive ketones (excluding diaryl/α,β-unsaturated/α-hetero) is 1. The van der Waals surface area contributed by atoms with Gasteiger partial charge in [0.2, 0.25) is 0 Å². The van der Waals surface area contributed by atoms with Crippen LogP contribution in [0.2, 0.25) is 10.0 Å². The third kappa shape index (κ3) is 4.24. The van der Waals surface area contributed by atoms with Crippen LogP contribution in [0, 0.1) is 5.41 Å². The quantitative estimate of drug-likeness (QED) is 0.374. The summed E-state index contributed by atoms with van der Waals surface area (Å²) < 4.78 is 0. The zero-order chi connectivity index (χ0) is 24.0. The predicted octanol–water partition coefficient (Wildman–Crippen LogP) is 7.45. The monoisotopic (exact) mass is 490 g/mol. The number of halogens is 2. The van der Waals surface area contributed by atoms with E-state index >= 15 is 0 Å². The highest BCUT2D eigenvalue weighted by atomic mass is 35.5. The zero-order valence-electron chi connectivity index (χ0n) is 18.9. The summed E-state index contributed by atoms with van der Waals surface area (Å²) in [6.07, 6.45) is 1.17. The number of benzene rings is 3. The molecule has 4 nitrogen and oxygen atoms in total. The van der Waals surface area contributed by atoms with Gasteiger partial charge in [-0.2, -0.15) is 0 Å². The number of carbonyl (C=O) groups excluding carboxylic acids is 2. The first-order chi connectivity index (χ1) is 16.2. The van der Waals surface area contributed by atoms with Gasteiger partial charge in [-0.3, -0.25) is 9.59 Å². The lowest BCUT2D eigenvalue weighted by Crippen LogP contribution is -2.31. The maximum absolute atomic E-state index is 13.4. The Morgan fingerprint density at radius 2 is 1.65 bits per heavy atom. The fourth-order valence-electron chi connectivity index (χ4n) is 4.78. The molecule has 3 aromatic rings. The molecule has 1 aliphatic heterocycles. The van der Waals surface area contributed by atoms with Gasteiger partial charge in [-0.15, -0.1) is 0 Å². The second kappa shape index (κ2) is 8.61. The Morgan fingerprint density at radius 1 is 0.882 bits per heavy atom. The standard InChI is InChI=1S/C28H24Cl2N2O2/c1-28(2)14-23-25(24(33)15-28)26(17-8-10-19(29)20(30)12-17)32-21-11-9-18(13-22(21)31-23)27(34)16-6-4-3-5-7-16/h3-13,26,31-32H,14-15H2,1-2H3/t26-/m1/s1. The number of ketones is 2. The highest BCUT2D eigenvalue weighted by molar-refractivity contribution is 6.42. The van der Waals surface area contributed by atoms with Crippen LogP contribution in [-0.2, 0) is 4.79 Å². The molecule has 5 rings (SSSR count). The van der Waals surface area contributed by atoms with Crippen molar-refractivity contribution in [2.45, 2.75) is 32.7 Å². The van der Waals surface area contributed by atoms with Gasteiger partial charge in [-0.1, -0.05) is 73.4 Å². The molecule has 3 aromatic carbocycles. The normalized spacial score (nSPS) is 18.8. The second-order valence-corrected chi connectivity index (χ2v) is 10.5. The summed E-state index contributed by atoms with van der Waals surface area (Å²) in [5.41, 5.74) is 5.03. The number of rotatable bonds is 3. The van der Waals surface area contributed by atoms with Crippen molar-refractivity contribution in [3.8, 4) is 0 Å². The van der Waals surface area contributed by atoms with E-state index in [1.54, 1.807) is 12.1 Å². The molecule has 1 heterocycles. The van der Waals surface area contributed by atoms with Gasteiger partial charge in [0.05, 0.1) is 27.5 Å². The van der Waals surface area contributed by atoms with Gasteiger partial charge < -0.3 is 10.6 Å². The summed E-state index contributed by atoms with van der Waals surface area (Å²) in [6.45, 7) is 4.19. The molecular formula is C28H24Cl2N2O2. The maximum Gasteiger partial charge on any atom is 0.193 e. The van der Waals surface area contributed by atoms with Crippen molar-refractivity contribution in [2.24, 2.45) is 5.41 Å². The summed E-state index contributed by atoms with van der Waals surface area (Å²) in [4.78, 5) is 26.5. The van der Waals surface area contributed by atoms with Gasteiger partial charge in [0.25, 0.3) is 0 Å². The van der Waals surface area contributed by atoms with Crippen LogP contribution in [0.3, 0.4) is 0 Å². The van der Waals surface area contributed by atoms with Crippen LogP contribution in [-0.4, -0.2) is 11.6 Å². The first-order valence-electron chi connectivity index (χ1n) is 11.2. The number of allylic oxidation sites excluding steroid dienone is 1. The number of hydrogen-bond donors (Lipinski definition) is 2. The van der Waals surface area contributed by atoms with Gasteiger partial charge in [0.15, 0.2) is 11.6 Å². The fraction of sp³-hybridized carbons (Fsp3) is 0.214. The molecular weight excluding hydrogens is 467 g/mol. The predicted molar refractivity (Wildman–Crippen MR) is 138 cm³/mol. The minimum atomic E-state index is -0.391. The SMILES string of the molecule is CC1(C)CC(=O)C2=C(C1)Nc1cc(C(=O)c3ccccc3)ccc1N[C@@H]2c1ccc(Cl)c(Cl)c1. The van der Waals surface area contributed by atoms with Crippen molar-refractivity contribution in [1.29, 1.82) is 0 Å². The molecule has 0 amide bonds. The van der Waals surface area contributed by atoms with Gasteiger partial charge in [-0.25, -0.2) is 0 Å². The summed E-state index contributed by atoms with van der Waals surface area (Å²) in [5, 5.41) is 7.94. The Bertz CT molecular complexity index is 1350. The number of anilines is 2. The maximum atomic E-state index is 13.4. The summed E-state index contributed by atoms with van der Waals surface area (Å²) in [6, 6.07) is 19.8. The van der Waals surface area contributed by atoms with Gasteiger partial charge in [0, 0.05) is 28.8 Å². The summed E-state index contributed by atoms with van der Waals surface area (Å²) in [7, 11) is 0. The average molecular weight is 491 g/mol. The molecule has 0 radical (unpaired) electrons. The molecule has 2 N–H and O–H groups in total. The minimum absolute atomic E-state index is 0.0512. The van der Waals surface area contributed by atoms with E-state index in [2.05, 4.69) is 24.5 Å². The first-order valence-corrected chi connectivity index (χ1v) is 12.0. The molecule has 34 heavy (non-hydrogen) atoms. The van der Waals surface area contributed by atoms with E-state index in [9.17, 15) is 9.59 Å². The fourth-order valence-corrected chi connectivity index (χ4v) is 5.09. The van der Waals surface area contributed by atoms with E-state index in [1.807, 2.05) is 54.6 Å². The van der Waals surface area contributed by atoms with E-state index < -0.39 is 6.04 Å². The topological polar surface area (TPSA) is 58.2 Å². The van der Waals surface area contributed by atoms with Crippen molar-refractivity contribution >= 4 is 46.1 Å². The van der Waals surface area contributed by atoms with Crippen LogP contribution < -0.4 is 10.6 Å². The molecule has 0 unspecified atom stereocenters. The van der Waals surface area contributed by atoms with Crippen LogP contribution in [0.1, 0.15) is 54.2 Å². The molecule has 0 saturated carbocycles. The van der Waals surface area contributed by atoms with E-state index in [0.717, 1.165) is 22.6 Å². The Kier molecular flexibility index (Phi) is 5.75. The van der Waals surface area contributed by atoms with Crippen molar-refractivity contribution in [3.63, 3.8) is 0 Å². The molecule has 2 aliphatic rings. The number of fused-ring (bicyclic) bond motifs is 1. The van der Waals surface area contributed by atoms with Crippen LogP contribution in [0.15, 0.2) is 78.0 Å². The zero-order valence-corrected chi connectivity index (χ0v) is 20.4. The highest BCUT2D eigenvalue weighted by Gasteiger charge is 2.39. The van der Waals surface area contributed by atoms with Gasteiger partial charge in [-0.05, 0) is 47.7 Å². The van der Waals surface area contributed by atoms with E-state index in [1.165, 1.54) is 0 Å². The molecule has 172 valence electrons. The number of carbonyl (C=O) groups is 2. The lowest BCUT2D eigenvalue weighted by Gasteiger charge is -2.34. The number of hydrogen-bond acceptors (Lipinski definition) is 4. The first kappa shape index (κ1) is 22.7. The van der Waals surface area contributed by atoms with E-state index in [-0.39, 0.29) is 17.0 Å². The molecule has 0 fully saturated rings. The molecule has 1 atom stereocenters. The van der Waals surface area contributed by atoms with Crippen LogP contribution >= 0.6 is 23.2 Å². The molecule has 1 aliphatic carbocycles. The highest BCUT2D eigenvalue weighted by Crippen LogP contribution is 2.46. The Balaban J connectivity index is 1.62. The van der Waals surface area contributed by atoms with Crippen molar-refractivity contribution in [3.05, 3.63) is 105 Å². The summed E-state index contributed by atoms with van der Waals surface area (Å²) in [5.74, 6) is 0.0421. The largest absolute Gasteiger partial charge is 0.372 e. The van der Waals surface area contributed by atoms with Crippen molar-refractivity contribution in [2.75, 3.05) is 10.6 Å². The van der Waals surface area contributed by atoms with Crippen LogP contribution in [0.4, 0.5) is 11.4 Å². The van der Waals surface area contributed by atoms with E-state index in [4.69, 9.17) is 23.2 Å². The van der Waals surface area contributed by atoms with Gasteiger partial charge in [0.1, 0.15) is 0 Å². The smallest absolute Gasteiger partial charge is 0.193 e. The minimum Gasteiger partial charge on any atom is -0.372 e. The van der Waals surface area contributed by atoms with Crippen molar-refractivity contribution in [1.82, 2.24) is 0 Å². The van der Waals surface area contributed by atoms with Crippen LogP contribution in [0.25, 0.3) is 0 Å². The molecule has 0 bridgehead atoms. The third-order valence-corrected chi connectivity index (χ3v) is 7.13. The van der Waals surface area contributed by atoms with E-state index in [0.29, 0.717) is 39.6 Å². The average Bonchev–Trinajstić information content (AvgIpc) is 2.96. The Hall–Kier alpha value is -3.08.